The maximum absolute atomic E-state index is 14.2. The number of hydrogen-bond acceptors (Lipinski definition) is 4. The van der Waals surface area contributed by atoms with Gasteiger partial charge in [-0.05, 0) is 48.8 Å². The molecule has 0 fully saturated rings. The van der Waals surface area contributed by atoms with Crippen molar-refractivity contribution < 1.29 is 9.90 Å². The molecule has 1 unspecified atom stereocenters. The van der Waals surface area contributed by atoms with E-state index < -0.39 is 0 Å². The summed E-state index contributed by atoms with van der Waals surface area (Å²) < 4.78 is 1.90. The summed E-state index contributed by atoms with van der Waals surface area (Å²) in [5.41, 5.74) is 4.44. The van der Waals surface area contributed by atoms with Crippen LogP contribution in [-0.2, 0) is 30.5 Å². The number of ketones is 1. The summed E-state index contributed by atoms with van der Waals surface area (Å²) in [5, 5.41) is 10.1. The van der Waals surface area contributed by atoms with E-state index in [1.54, 1.807) is 18.2 Å². The molecule has 1 aliphatic rings. The van der Waals surface area contributed by atoms with E-state index in [0.717, 1.165) is 41.1 Å². The summed E-state index contributed by atoms with van der Waals surface area (Å²) in [7, 11) is 0. The third kappa shape index (κ3) is 5.47. The van der Waals surface area contributed by atoms with Gasteiger partial charge in [-0.15, -0.1) is 0 Å². The van der Waals surface area contributed by atoms with Gasteiger partial charge in [-0.3, -0.25) is 14.2 Å². The molecular weight excluding hydrogens is 472 g/mol. The quantitative estimate of drug-likeness (QED) is 0.305. The van der Waals surface area contributed by atoms with Gasteiger partial charge in [0.05, 0.1) is 11.7 Å². The van der Waals surface area contributed by atoms with Gasteiger partial charge >= 0.3 is 0 Å². The minimum Gasteiger partial charge on any atom is -0.508 e. The number of Topliss-reactive ketones (excluding diaryl/α,β-unsaturated/α-hetero) is 1. The maximum Gasteiger partial charge on any atom is 0.257 e. The van der Waals surface area contributed by atoms with Crippen molar-refractivity contribution in [3.8, 4) is 5.75 Å². The molecule has 0 amide bonds. The number of para-hydroxylation sites is 1. The monoisotopic (exact) mass is 506 g/mol. The first-order valence-electron chi connectivity index (χ1n) is 13.6. The molecule has 1 N–H and O–H groups in total. The number of fused-ring (bicyclic) bond motifs is 1. The average molecular weight is 507 g/mol. The number of rotatable bonds is 8. The highest BCUT2D eigenvalue weighted by atomic mass is 16.3. The zero-order valence-corrected chi connectivity index (χ0v) is 21.8. The zero-order chi connectivity index (χ0) is 26.5. The molecule has 5 nitrogen and oxygen atoms in total. The topological polar surface area (TPSA) is 72.2 Å². The van der Waals surface area contributed by atoms with E-state index in [9.17, 15) is 14.7 Å². The van der Waals surface area contributed by atoms with Gasteiger partial charge in [-0.1, -0.05) is 85.8 Å². The molecule has 1 aliphatic carbocycles. The van der Waals surface area contributed by atoms with Crippen LogP contribution in [0.25, 0.3) is 0 Å². The van der Waals surface area contributed by atoms with Crippen molar-refractivity contribution in [3.05, 3.63) is 129 Å². The Hall–Kier alpha value is -3.99. The number of aryl methyl sites for hydroxylation is 1. The van der Waals surface area contributed by atoms with E-state index in [2.05, 4.69) is 24.3 Å². The second-order valence-corrected chi connectivity index (χ2v) is 10.2. The standard InChI is InChI=1S/C33H34N2O3/c1-2-31-34-29-21-23(20-27(36)22-26-17-9-10-19-30(26)37)12-11-18-28(29)33(38)35(31)32(24-13-5-3-6-14-24)25-15-7-4-8-16-25/h3-10,13-17,19,23,32,37H,2,11-12,18,20-22H2,1H3. The lowest BCUT2D eigenvalue weighted by Gasteiger charge is -2.25. The largest absolute Gasteiger partial charge is 0.508 e. The lowest BCUT2D eigenvalue weighted by molar-refractivity contribution is -0.119. The Bertz CT molecular complexity index is 1420. The lowest BCUT2D eigenvalue weighted by atomic mass is 9.91. The second kappa shape index (κ2) is 11.6. The number of carbonyl (C=O) groups is 1. The van der Waals surface area contributed by atoms with E-state index in [1.807, 2.05) is 54.0 Å². The molecule has 1 heterocycles. The van der Waals surface area contributed by atoms with Crippen molar-refractivity contribution in [2.45, 2.75) is 57.9 Å². The minimum absolute atomic E-state index is 0.0331. The van der Waals surface area contributed by atoms with Crippen molar-refractivity contribution in [3.63, 3.8) is 0 Å². The molecule has 0 aliphatic heterocycles. The van der Waals surface area contributed by atoms with Crippen LogP contribution in [0.5, 0.6) is 5.75 Å². The molecule has 0 saturated carbocycles. The number of phenolic OH excluding ortho intramolecular Hbond substituents is 1. The van der Waals surface area contributed by atoms with Crippen LogP contribution in [0.15, 0.2) is 89.7 Å². The Morgan fingerprint density at radius 2 is 1.61 bits per heavy atom. The summed E-state index contributed by atoms with van der Waals surface area (Å²) in [6.45, 7) is 2.04. The van der Waals surface area contributed by atoms with Crippen LogP contribution < -0.4 is 5.56 Å². The van der Waals surface area contributed by atoms with Crippen molar-refractivity contribution in [2.24, 2.45) is 5.92 Å². The van der Waals surface area contributed by atoms with Crippen molar-refractivity contribution in [1.29, 1.82) is 0 Å². The molecule has 0 radical (unpaired) electrons. The van der Waals surface area contributed by atoms with Crippen LogP contribution in [0, 0.1) is 5.92 Å². The molecule has 0 spiro atoms. The predicted octanol–water partition coefficient (Wildman–Crippen LogP) is 5.85. The smallest absolute Gasteiger partial charge is 0.257 e. The van der Waals surface area contributed by atoms with E-state index in [1.165, 1.54) is 0 Å². The van der Waals surface area contributed by atoms with E-state index in [0.29, 0.717) is 31.2 Å². The first kappa shape index (κ1) is 25.7. The highest BCUT2D eigenvalue weighted by molar-refractivity contribution is 5.81. The van der Waals surface area contributed by atoms with Crippen molar-refractivity contribution in [2.75, 3.05) is 0 Å². The normalized spacial score (nSPS) is 15.2. The molecule has 0 bridgehead atoms. The van der Waals surface area contributed by atoms with Gasteiger partial charge in [0.15, 0.2) is 0 Å². The van der Waals surface area contributed by atoms with Gasteiger partial charge in [-0.25, -0.2) is 4.98 Å². The van der Waals surface area contributed by atoms with Gasteiger partial charge in [0, 0.05) is 30.4 Å². The number of nitrogens with zero attached hydrogens (tertiary/aromatic N) is 2. The van der Waals surface area contributed by atoms with Gasteiger partial charge in [0.2, 0.25) is 0 Å². The third-order valence-electron chi connectivity index (χ3n) is 7.59. The number of phenols is 1. The molecule has 38 heavy (non-hydrogen) atoms. The van der Waals surface area contributed by atoms with Gasteiger partial charge in [0.25, 0.3) is 5.56 Å². The molecule has 0 saturated heterocycles. The van der Waals surface area contributed by atoms with E-state index >= 15 is 0 Å². The molecule has 4 aromatic rings. The summed E-state index contributed by atoms with van der Waals surface area (Å²) in [6, 6.07) is 27.1. The number of carbonyl (C=O) groups excluding carboxylic acids is 1. The minimum atomic E-state index is -0.253. The fourth-order valence-corrected chi connectivity index (χ4v) is 5.74. The van der Waals surface area contributed by atoms with Crippen LogP contribution in [0.4, 0.5) is 0 Å². The van der Waals surface area contributed by atoms with E-state index in [4.69, 9.17) is 4.98 Å². The fourth-order valence-electron chi connectivity index (χ4n) is 5.74. The zero-order valence-electron chi connectivity index (χ0n) is 21.8. The molecular formula is C33H34N2O3. The van der Waals surface area contributed by atoms with Crippen LogP contribution in [0.3, 0.4) is 0 Å². The molecule has 1 atom stereocenters. The Morgan fingerprint density at radius 3 is 2.24 bits per heavy atom. The molecule has 5 rings (SSSR count). The van der Waals surface area contributed by atoms with Crippen molar-refractivity contribution in [1.82, 2.24) is 9.55 Å². The number of aromatic nitrogens is 2. The molecule has 3 aromatic carbocycles. The number of aromatic hydroxyl groups is 1. The summed E-state index contributed by atoms with van der Waals surface area (Å²) in [4.78, 5) is 32.2. The summed E-state index contributed by atoms with van der Waals surface area (Å²) in [5.74, 6) is 1.18. The second-order valence-electron chi connectivity index (χ2n) is 10.2. The maximum atomic E-state index is 14.2. The lowest BCUT2D eigenvalue weighted by Crippen LogP contribution is -2.34. The van der Waals surface area contributed by atoms with Crippen LogP contribution in [-0.4, -0.2) is 20.4 Å². The average Bonchev–Trinajstić information content (AvgIpc) is 3.14. The Kier molecular flexibility index (Phi) is 7.83. The Balaban J connectivity index is 1.48. The molecule has 5 heteroatoms. The van der Waals surface area contributed by atoms with Crippen molar-refractivity contribution >= 4 is 5.78 Å². The third-order valence-corrected chi connectivity index (χ3v) is 7.59. The first-order valence-corrected chi connectivity index (χ1v) is 13.6. The molecule has 194 valence electrons. The van der Waals surface area contributed by atoms with Crippen LogP contribution in [0.2, 0.25) is 0 Å². The summed E-state index contributed by atoms with van der Waals surface area (Å²) >= 11 is 0. The van der Waals surface area contributed by atoms with Crippen LogP contribution in [0.1, 0.15) is 66.0 Å². The SMILES string of the molecule is CCc1nc2c(c(=O)n1C(c1ccccc1)c1ccccc1)CCCC(CC(=O)Cc1ccccc1O)C2. The predicted molar refractivity (Wildman–Crippen MR) is 150 cm³/mol. The highest BCUT2D eigenvalue weighted by Gasteiger charge is 2.28. The molecule has 1 aromatic heterocycles. The van der Waals surface area contributed by atoms with Gasteiger partial charge in [0.1, 0.15) is 17.4 Å². The number of hydrogen-bond donors (Lipinski definition) is 1. The van der Waals surface area contributed by atoms with Gasteiger partial charge in [-0.2, -0.15) is 0 Å². The Morgan fingerprint density at radius 1 is 0.974 bits per heavy atom. The highest BCUT2D eigenvalue weighted by Crippen LogP contribution is 2.30. The van der Waals surface area contributed by atoms with E-state index in [-0.39, 0.29) is 35.5 Å². The summed E-state index contributed by atoms with van der Waals surface area (Å²) in [6.07, 6.45) is 4.32. The Labute approximate surface area is 223 Å². The fraction of sp³-hybridized carbons (Fsp3) is 0.303. The van der Waals surface area contributed by atoms with Crippen LogP contribution >= 0.6 is 0 Å². The first-order chi connectivity index (χ1) is 18.5. The number of benzene rings is 3. The van der Waals surface area contributed by atoms with Gasteiger partial charge < -0.3 is 5.11 Å².